The highest BCUT2D eigenvalue weighted by Gasteiger charge is 2.21. The van der Waals surface area contributed by atoms with E-state index in [2.05, 4.69) is 5.32 Å². The molecule has 1 aliphatic rings. The number of hydrogen-bond donors (Lipinski definition) is 1. The smallest absolute Gasteiger partial charge is 0.287 e. The Balaban J connectivity index is 1.79. The molecule has 0 unspecified atom stereocenters. The zero-order chi connectivity index (χ0) is 13.9. The van der Waals surface area contributed by atoms with E-state index in [1.807, 2.05) is 31.2 Å². The van der Waals surface area contributed by atoms with Crippen molar-refractivity contribution in [2.24, 2.45) is 0 Å². The number of benzene rings is 1. The van der Waals surface area contributed by atoms with Crippen LogP contribution in [0.3, 0.4) is 0 Å². The minimum atomic E-state index is -0.0643. The fourth-order valence-electron chi connectivity index (χ4n) is 3.07. The summed E-state index contributed by atoms with van der Waals surface area (Å²) in [5, 5.41) is 4.17. The molecule has 1 heterocycles. The molecule has 0 aliphatic heterocycles. The Kier molecular flexibility index (Phi) is 3.77. The first-order valence-corrected chi connectivity index (χ1v) is 7.54. The van der Waals surface area contributed by atoms with Crippen molar-refractivity contribution in [2.75, 3.05) is 0 Å². The zero-order valence-corrected chi connectivity index (χ0v) is 11.9. The fraction of sp³-hybridized carbons (Fsp3) is 0.471. The van der Waals surface area contributed by atoms with E-state index in [9.17, 15) is 4.79 Å². The molecule has 0 saturated heterocycles. The van der Waals surface area contributed by atoms with Crippen LogP contribution in [-0.4, -0.2) is 11.9 Å². The van der Waals surface area contributed by atoms with Crippen LogP contribution in [0.4, 0.5) is 0 Å². The monoisotopic (exact) mass is 271 g/mol. The second kappa shape index (κ2) is 5.70. The Morgan fingerprint density at radius 2 is 1.85 bits per heavy atom. The SMILES string of the molecule is Cc1c(C(=O)NC2CCCCCC2)oc2ccccc12. The quantitative estimate of drug-likeness (QED) is 0.832. The van der Waals surface area contributed by atoms with Gasteiger partial charge in [0.25, 0.3) is 5.91 Å². The van der Waals surface area contributed by atoms with Crippen LogP contribution in [0.2, 0.25) is 0 Å². The molecule has 1 aromatic heterocycles. The first kappa shape index (κ1) is 13.2. The number of furan rings is 1. The van der Waals surface area contributed by atoms with E-state index in [4.69, 9.17) is 4.42 Å². The molecule has 1 saturated carbocycles. The molecular weight excluding hydrogens is 250 g/mol. The van der Waals surface area contributed by atoms with E-state index in [0.717, 1.165) is 29.4 Å². The maximum atomic E-state index is 12.4. The van der Waals surface area contributed by atoms with Gasteiger partial charge < -0.3 is 9.73 Å². The van der Waals surface area contributed by atoms with E-state index in [0.29, 0.717) is 11.8 Å². The van der Waals surface area contributed by atoms with Crippen molar-refractivity contribution in [1.29, 1.82) is 0 Å². The summed E-state index contributed by atoms with van der Waals surface area (Å²) in [4.78, 5) is 12.4. The van der Waals surface area contributed by atoms with Crippen molar-refractivity contribution in [3.05, 3.63) is 35.6 Å². The number of nitrogens with one attached hydrogen (secondary N) is 1. The topological polar surface area (TPSA) is 42.2 Å². The van der Waals surface area contributed by atoms with Crippen LogP contribution < -0.4 is 5.32 Å². The van der Waals surface area contributed by atoms with E-state index >= 15 is 0 Å². The van der Waals surface area contributed by atoms with Crippen LogP contribution in [-0.2, 0) is 0 Å². The summed E-state index contributed by atoms with van der Waals surface area (Å²) >= 11 is 0. The Morgan fingerprint density at radius 1 is 1.15 bits per heavy atom. The molecular formula is C17H21NO2. The van der Waals surface area contributed by atoms with Gasteiger partial charge in [-0.3, -0.25) is 4.79 Å². The molecule has 1 aromatic carbocycles. The van der Waals surface area contributed by atoms with Crippen LogP contribution in [0.15, 0.2) is 28.7 Å². The molecule has 20 heavy (non-hydrogen) atoms. The summed E-state index contributed by atoms with van der Waals surface area (Å²) in [6.07, 6.45) is 7.18. The summed E-state index contributed by atoms with van der Waals surface area (Å²) in [5.74, 6) is 0.404. The summed E-state index contributed by atoms with van der Waals surface area (Å²) in [6.45, 7) is 1.95. The molecule has 3 heteroatoms. The lowest BCUT2D eigenvalue weighted by Crippen LogP contribution is -2.34. The highest BCUT2D eigenvalue weighted by molar-refractivity contribution is 5.99. The highest BCUT2D eigenvalue weighted by Crippen LogP contribution is 2.25. The van der Waals surface area contributed by atoms with E-state index in [1.165, 1.54) is 25.7 Å². The summed E-state index contributed by atoms with van der Waals surface area (Å²) in [6, 6.07) is 8.11. The molecule has 1 fully saturated rings. The van der Waals surface area contributed by atoms with Gasteiger partial charge in [-0.05, 0) is 25.8 Å². The number of fused-ring (bicyclic) bond motifs is 1. The Hall–Kier alpha value is -1.77. The van der Waals surface area contributed by atoms with Crippen molar-refractivity contribution in [1.82, 2.24) is 5.32 Å². The molecule has 106 valence electrons. The van der Waals surface area contributed by atoms with Crippen LogP contribution >= 0.6 is 0 Å². The maximum absolute atomic E-state index is 12.4. The van der Waals surface area contributed by atoms with Crippen molar-refractivity contribution in [3.63, 3.8) is 0 Å². The van der Waals surface area contributed by atoms with Crippen molar-refractivity contribution in [3.8, 4) is 0 Å². The summed E-state index contributed by atoms with van der Waals surface area (Å²) in [7, 11) is 0. The van der Waals surface area contributed by atoms with Gasteiger partial charge in [0.1, 0.15) is 5.58 Å². The van der Waals surface area contributed by atoms with Crippen LogP contribution in [0.5, 0.6) is 0 Å². The van der Waals surface area contributed by atoms with Gasteiger partial charge in [-0.25, -0.2) is 0 Å². The first-order valence-electron chi connectivity index (χ1n) is 7.54. The van der Waals surface area contributed by atoms with Gasteiger partial charge in [0.2, 0.25) is 0 Å². The molecule has 1 amide bonds. The third-order valence-corrected chi connectivity index (χ3v) is 4.24. The van der Waals surface area contributed by atoms with Gasteiger partial charge in [0.15, 0.2) is 5.76 Å². The van der Waals surface area contributed by atoms with Crippen molar-refractivity contribution < 1.29 is 9.21 Å². The van der Waals surface area contributed by atoms with Gasteiger partial charge in [-0.2, -0.15) is 0 Å². The van der Waals surface area contributed by atoms with Gasteiger partial charge in [-0.1, -0.05) is 43.9 Å². The third-order valence-electron chi connectivity index (χ3n) is 4.24. The minimum Gasteiger partial charge on any atom is -0.451 e. The lowest BCUT2D eigenvalue weighted by molar-refractivity contribution is 0.0906. The zero-order valence-electron chi connectivity index (χ0n) is 11.9. The van der Waals surface area contributed by atoms with E-state index < -0.39 is 0 Å². The number of rotatable bonds is 2. The lowest BCUT2D eigenvalue weighted by Gasteiger charge is -2.15. The standard InChI is InChI=1S/C17H21NO2/c1-12-14-10-6-7-11-15(14)20-16(12)17(19)18-13-8-4-2-3-5-9-13/h6-7,10-11,13H,2-5,8-9H2,1H3,(H,18,19). The molecule has 0 atom stereocenters. The number of hydrogen-bond acceptors (Lipinski definition) is 2. The number of carbonyl (C=O) groups excluding carboxylic acids is 1. The molecule has 0 spiro atoms. The molecule has 1 aliphatic carbocycles. The van der Waals surface area contributed by atoms with Crippen LogP contribution in [0, 0.1) is 6.92 Å². The molecule has 0 radical (unpaired) electrons. The number of amides is 1. The van der Waals surface area contributed by atoms with Crippen molar-refractivity contribution in [2.45, 2.75) is 51.5 Å². The Bertz CT molecular complexity index is 606. The fourth-order valence-corrected chi connectivity index (χ4v) is 3.07. The largest absolute Gasteiger partial charge is 0.451 e. The van der Waals surface area contributed by atoms with Gasteiger partial charge in [-0.15, -0.1) is 0 Å². The summed E-state index contributed by atoms with van der Waals surface area (Å²) in [5.41, 5.74) is 1.72. The van der Waals surface area contributed by atoms with Crippen LogP contribution in [0.25, 0.3) is 11.0 Å². The number of aryl methyl sites for hydroxylation is 1. The second-order valence-electron chi connectivity index (χ2n) is 5.71. The predicted molar refractivity (Wildman–Crippen MR) is 79.9 cm³/mol. The average molecular weight is 271 g/mol. The lowest BCUT2D eigenvalue weighted by atomic mass is 10.1. The minimum absolute atomic E-state index is 0.0643. The normalized spacial score (nSPS) is 17.1. The van der Waals surface area contributed by atoms with Gasteiger partial charge in [0.05, 0.1) is 0 Å². The third kappa shape index (κ3) is 2.58. The molecule has 1 N–H and O–H groups in total. The number of para-hydroxylation sites is 1. The summed E-state index contributed by atoms with van der Waals surface area (Å²) < 4.78 is 5.72. The van der Waals surface area contributed by atoms with Gasteiger partial charge in [0, 0.05) is 17.0 Å². The van der Waals surface area contributed by atoms with E-state index in [-0.39, 0.29) is 5.91 Å². The molecule has 2 aromatic rings. The molecule has 3 rings (SSSR count). The van der Waals surface area contributed by atoms with Crippen molar-refractivity contribution >= 4 is 16.9 Å². The van der Waals surface area contributed by atoms with E-state index in [1.54, 1.807) is 0 Å². The second-order valence-corrected chi connectivity index (χ2v) is 5.71. The molecule has 3 nitrogen and oxygen atoms in total. The predicted octanol–water partition coefficient (Wildman–Crippen LogP) is 4.19. The van der Waals surface area contributed by atoms with Crippen LogP contribution in [0.1, 0.15) is 54.6 Å². The first-order chi connectivity index (χ1) is 9.75. The molecule has 0 bridgehead atoms. The maximum Gasteiger partial charge on any atom is 0.287 e. The average Bonchev–Trinajstić information content (AvgIpc) is 2.64. The Labute approximate surface area is 119 Å². The number of carbonyl (C=O) groups is 1. The highest BCUT2D eigenvalue weighted by atomic mass is 16.3. The van der Waals surface area contributed by atoms with Gasteiger partial charge >= 0.3 is 0 Å². The Morgan fingerprint density at radius 3 is 2.55 bits per heavy atom.